The molecule has 0 spiro atoms. The van der Waals surface area contributed by atoms with Gasteiger partial charge in [0.2, 0.25) is 5.91 Å². The Morgan fingerprint density at radius 2 is 2.12 bits per heavy atom. The molecule has 1 saturated carbocycles. The number of rotatable bonds is 10. The van der Waals surface area contributed by atoms with Crippen molar-refractivity contribution in [3.63, 3.8) is 0 Å². The van der Waals surface area contributed by atoms with Gasteiger partial charge in [0.15, 0.2) is 0 Å². The molecule has 3 nitrogen and oxygen atoms in total. The zero-order valence-corrected chi connectivity index (χ0v) is 10.6. The van der Waals surface area contributed by atoms with Gasteiger partial charge in [0, 0.05) is 32.1 Å². The van der Waals surface area contributed by atoms with E-state index < -0.39 is 0 Å². The number of alkyl halides is 1. The molecule has 0 unspecified atom stereocenters. The van der Waals surface area contributed by atoms with Crippen LogP contribution in [-0.4, -0.2) is 31.5 Å². The predicted molar refractivity (Wildman–Crippen MR) is 65.7 cm³/mol. The molecule has 0 heterocycles. The smallest absolute Gasteiger partial charge is 0.219 e. The van der Waals surface area contributed by atoms with Crippen LogP contribution in [-0.2, 0) is 9.53 Å². The SMILES string of the molecule is O=C(CCCCCl)NCCCOCC1CC1. The largest absolute Gasteiger partial charge is 0.381 e. The normalized spacial score (nSPS) is 15.1. The third kappa shape index (κ3) is 7.94. The summed E-state index contributed by atoms with van der Waals surface area (Å²) in [7, 11) is 0. The second kappa shape index (κ2) is 8.82. The van der Waals surface area contributed by atoms with Gasteiger partial charge in [-0.3, -0.25) is 4.79 Å². The molecule has 0 aliphatic heterocycles. The van der Waals surface area contributed by atoms with Crippen molar-refractivity contribution in [1.29, 1.82) is 0 Å². The Morgan fingerprint density at radius 1 is 1.31 bits per heavy atom. The summed E-state index contributed by atoms with van der Waals surface area (Å²) in [6.07, 6.45) is 5.96. The lowest BCUT2D eigenvalue weighted by Crippen LogP contribution is -2.25. The average Bonchev–Trinajstić information content (AvgIpc) is 3.07. The number of nitrogens with one attached hydrogen (secondary N) is 1. The highest BCUT2D eigenvalue weighted by Gasteiger charge is 2.20. The molecule has 0 saturated heterocycles. The molecule has 1 amide bonds. The maximum atomic E-state index is 11.3. The van der Waals surface area contributed by atoms with Gasteiger partial charge >= 0.3 is 0 Å². The fraction of sp³-hybridized carbons (Fsp3) is 0.917. The van der Waals surface area contributed by atoms with Crippen LogP contribution < -0.4 is 5.32 Å². The first-order valence-electron chi connectivity index (χ1n) is 6.23. The second-order valence-electron chi connectivity index (χ2n) is 4.37. The molecule has 0 aromatic heterocycles. The van der Waals surface area contributed by atoms with E-state index in [1.54, 1.807) is 0 Å². The molecule has 1 fully saturated rings. The van der Waals surface area contributed by atoms with E-state index in [0.717, 1.165) is 44.9 Å². The highest BCUT2D eigenvalue weighted by molar-refractivity contribution is 6.17. The molecule has 1 aliphatic carbocycles. The van der Waals surface area contributed by atoms with Gasteiger partial charge in [-0.1, -0.05) is 0 Å². The Labute approximate surface area is 103 Å². The van der Waals surface area contributed by atoms with Crippen molar-refractivity contribution in [3.05, 3.63) is 0 Å². The van der Waals surface area contributed by atoms with Crippen molar-refractivity contribution >= 4 is 17.5 Å². The Morgan fingerprint density at radius 3 is 2.81 bits per heavy atom. The number of amides is 1. The van der Waals surface area contributed by atoms with Crippen LogP contribution in [0, 0.1) is 5.92 Å². The van der Waals surface area contributed by atoms with E-state index in [1.165, 1.54) is 12.8 Å². The molecule has 0 bridgehead atoms. The first-order chi connectivity index (χ1) is 7.83. The summed E-state index contributed by atoms with van der Waals surface area (Å²) in [4.78, 5) is 11.3. The van der Waals surface area contributed by atoms with E-state index in [1.807, 2.05) is 0 Å². The second-order valence-corrected chi connectivity index (χ2v) is 4.75. The fourth-order valence-electron chi connectivity index (χ4n) is 1.40. The molecule has 94 valence electrons. The van der Waals surface area contributed by atoms with Gasteiger partial charge in [-0.15, -0.1) is 11.6 Å². The first-order valence-corrected chi connectivity index (χ1v) is 6.77. The lowest BCUT2D eigenvalue weighted by atomic mass is 10.2. The van der Waals surface area contributed by atoms with E-state index in [9.17, 15) is 4.79 Å². The maximum Gasteiger partial charge on any atom is 0.219 e. The number of ether oxygens (including phenoxy) is 1. The van der Waals surface area contributed by atoms with Crippen LogP contribution in [0.1, 0.15) is 38.5 Å². The van der Waals surface area contributed by atoms with Crippen molar-refractivity contribution in [2.45, 2.75) is 38.5 Å². The molecular formula is C12H22ClNO2. The van der Waals surface area contributed by atoms with Gasteiger partial charge < -0.3 is 10.1 Å². The summed E-state index contributed by atoms with van der Waals surface area (Å²) >= 11 is 5.53. The third-order valence-electron chi connectivity index (χ3n) is 2.63. The monoisotopic (exact) mass is 247 g/mol. The molecular weight excluding hydrogens is 226 g/mol. The predicted octanol–water partition coefficient (Wildman–Crippen LogP) is 2.33. The highest BCUT2D eigenvalue weighted by atomic mass is 35.5. The Hall–Kier alpha value is -0.280. The van der Waals surface area contributed by atoms with E-state index in [0.29, 0.717) is 12.3 Å². The number of halogens is 1. The van der Waals surface area contributed by atoms with Crippen LogP contribution in [0.3, 0.4) is 0 Å². The Bertz CT molecular complexity index is 195. The summed E-state index contributed by atoms with van der Waals surface area (Å²) in [5.41, 5.74) is 0. The average molecular weight is 248 g/mol. The summed E-state index contributed by atoms with van der Waals surface area (Å²) < 4.78 is 5.47. The van der Waals surface area contributed by atoms with Crippen LogP contribution in [0.5, 0.6) is 0 Å². The molecule has 16 heavy (non-hydrogen) atoms. The van der Waals surface area contributed by atoms with Crippen molar-refractivity contribution in [1.82, 2.24) is 5.32 Å². The van der Waals surface area contributed by atoms with E-state index >= 15 is 0 Å². The molecule has 0 atom stereocenters. The van der Waals surface area contributed by atoms with E-state index in [2.05, 4.69) is 5.32 Å². The van der Waals surface area contributed by atoms with Crippen LogP contribution in [0.25, 0.3) is 0 Å². The minimum absolute atomic E-state index is 0.132. The van der Waals surface area contributed by atoms with Crippen molar-refractivity contribution in [3.8, 4) is 0 Å². The fourth-order valence-corrected chi connectivity index (χ4v) is 1.59. The van der Waals surface area contributed by atoms with Gasteiger partial charge in [0.05, 0.1) is 0 Å². The molecule has 0 radical (unpaired) electrons. The number of carbonyl (C=O) groups excluding carboxylic acids is 1. The molecule has 4 heteroatoms. The third-order valence-corrected chi connectivity index (χ3v) is 2.89. The number of carbonyl (C=O) groups is 1. The zero-order chi connectivity index (χ0) is 11.6. The van der Waals surface area contributed by atoms with Crippen molar-refractivity contribution in [2.24, 2.45) is 5.92 Å². The zero-order valence-electron chi connectivity index (χ0n) is 9.84. The van der Waals surface area contributed by atoms with Gasteiger partial charge in [-0.05, 0) is 38.0 Å². The van der Waals surface area contributed by atoms with Gasteiger partial charge in [-0.25, -0.2) is 0 Å². The van der Waals surface area contributed by atoms with Crippen molar-refractivity contribution in [2.75, 3.05) is 25.6 Å². The number of unbranched alkanes of at least 4 members (excludes halogenated alkanes) is 1. The summed E-state index contributed by atoms with van der Waals surface area (Å²) in [5.74, 6) is 1.60. The topological polar surface area (TPSA) is 38.3 Å². The number of hydrogen-bond acceptors (Lipinski definition) is 2. The molecule has 0 aromatic rings. The van der Waals surface area contributed by atoms with E-state index in [4.69, 9.17) is 16.3 Å². The quantitative estimate of drug-likeness (QED) is 0.475. The summed E-state index contributed by atoms with van der Waals surface area (Å²) in [6, 6.07) is 0. The Balaban J connectivity index is 1.76. The molecule has 1 rings (SSSR count). The minimum atomic E-state index is 0.132. The molecule has 0 aromatic carbocycles. The van der Waals surface area contributed by atoms with E-state index in [-0.39, 0.29) is 5.91 Å². The first kappa shape index (κ1) is 13.8. The van der Waals surface area contributed by atoms with Crippen molar-refractivity contribution < 1.29 is 9.53 Å². The Kier molecular flexibility index (Phi) is 7.60. The highest BCUT2D eigenvalue weighted by Crippen LogP contribution is 2.28. The maximum absolute atomic E-state index is 11.3. The lowest BCUT2D eigenvalue weighted by molar-refractivity contribution is -0.121. The lowest BCUT2D eigenvalue weighted by Gasteiger charge is -2.05. The van der Waals surface area contributed by atoms with Gasteiger partial charge in [0.25, 0.3) is 0 Å². The summed E-state index contributed by atoms with van der Waals surface area (Å²) in [5, 5.41) is 2.88. The van der Waals surface area contributed by atoms with Crippen LogP contribution in [0.2, 0.25) is 0 Å². The van der Waals surface area contributed by atoms with Gasteiger partial charge in [-0.2, -0.15) is 0 Å². The molecule has 1 N–H and O–H groups in total. The summed E-state index contributed by atoms with van der Waals surface area (Å²) in [6.45, 7) is 2.40. The van der Waals surface area contributed by atoms with Crippen LogP contribution in [0.4, 0.5) is 0 Å². The standard InChI is InChI=1S/C12H22ClNO2/c13-7-2-1-4-12(15)14-8-3-9-16-10-11-5-6-11/h11H,1-10H2,(H,14,15). The molecule has 1 aliphatic rings. The van der Waals surface area contributed by atoms with Crippen LogP contribution in [0.15, 0.2) is 0 Å². The minimum Gasteiger partial charge on any atom is -0.381 e. The van der Waals surface area contributed by atoms with Gasteiger partial charge in [0.1, 0.15) is 0 Å². The number of hydrogen-bond donors (Lipinski definition) is 1. The van der Waals surface area contributed by atoms with Crippen LogP contribution >= 0.6 is 11.6 Å².